The summed E-state index contributed by atoms with van der Waals surface area (Å²) >= 11 is 3.13. The van der Waals surface area contributed by atoms with Crippen LogP contribution in [0.2, 0.25) is 0 Å². The monoisotopic (exact) mass is 199 g/mol. The average Bonchev–Trinajstić information content (AvgIpc) is 1.90. The molecule has 10 heavy (non-hydrogen) atoms. The van der Waals surface area contributed by atoms with Crippen molar-refractivity contribution in [2.24, 2.45) is 4.99 Å². The van der Waals surface area contributed by atoms with E-state index in [9.17, 15) is 0 Å². The molecule has 0 unspecified atom stereocenters. The highest BCUT2D eigenvalue weighted by molar-refractivity contribution is 9.11. The molecule has 0 aromatic heterocycles. The second kappa shape index (κ2) is 4.89. The van der Waals surface area contributed by atoms with Crippen LogP contribution < -0.4 is 0 Å². The molecule has 0 fully saturated rings. The maximum absolute atomic E-state index is 8.26. The lowest BCUT2D eigenvalue weighted by molar-refractivity contribution is 1.49. The van der Waals surface area contributed by atoms with Gasteiger partial charge in [0.1, 0.15) is 6.07 Å². The van der Waals surface area contributed by atoms with Crippen LogP contribution in [0.1, 0.15) is 6.92 Å². The lowest BCUT2D eigenvalue weighted by Crippen LogP contribution is -1.91. The topological polar surface area (TPSA) is 60.0 Å². The van der Waals surface area contributed by atoms with Gasteiger partial charge in [0, 0.05) is 10.7 Å². The van der Waals surface area contributed by atoms with Crippen LogP contribution in [0, 0.1) is 16.7 Å². The first-order valence-corrected chi connectivity index (χ1v) is 3.30. The summed E-state index contributed by atoms with van der Waals surface area (Å²) in [6.07, 6.45) is 2.38. The van der Waals surface area contributed by atoms with E-state index < -0.39 is 0 Å². The van der Waals surface area contributed by atoms with Crippen LogP contribution in [0.15, 0.2) is 15.7 Å². The smallest absolute Gasteiger partial charge is 0.157 e. The summed E-state index contributed by atoms with van der Waals surface area (Å²) in [6, 6.07) is 1.75. The van der Waals surface area contributed by atoms with Gasteiger partial charge in [0.25, 0.3) is 0 Å². The highest BCUT2D eigenvalue weighted by Gasteiger charge is 1.85. The van der Waals surface area contributed by atoms with E-state index in [0.717, 1.165) is 10.7 Å². The summed E-state index contributed by atoms with van der Waals surface area (Å²) in [4.78, 5) is 3.66. The van der Waals surface area contributed by atoms with Crippen molar-refractivity contribution in [3.05, 3.63) is 10.7 Å². The normalized spacial score (nSPS) is 12.5. The molecule has 0 saturated carbocycles. The molecular formula is C6H6BrN3. The highest BCUT2D eigenvalue weighted by atomic mass is 79.9. The summed E-state index contributed by atoms with van der Waals surface area (Å²) in [7, 11) is 0. The van der Waals surface area contributed by atoms with Crippen molar-refractivity contribution < 1.29 is 0 Å². The van der Waals surface area contributed by atoms with Gasteiger partial charge in [0.2, 0.25) is 0 Å². The van der Waals surface area contributed by atoms with Gasteiger partial charge < -0.3 is 5.41 Å². The van der Waals surface area contributed by atoms with Gasteiger partial charge in [-0.15, -0.1) is 0 Å². The molecule has 0 bridgehead atoms. The molecule has 0 aromatic carbocycles. The molecule has 0 amide bonds. The number of nitriles is 1. The molecular weight excluding hydrogens is 194 g/mol. The average molecular weight is 200 g/mol. The van der Waals surface area contributed by atoms with Crippen LogP contribution in [0.4, 0.5) is 0 Å². The number of halogens is 1. The Morgan fingerprint density at radius 3 is 2.70 bits per heavy atom. The van der Waals surface area contributed by atoms with E-state index >= 15 is 0 Å². The Labute approximate surface area is 67.7 Å². The molecule has 52 valence electrons. The third kappa shape index (κ3) is 3.98. The predicted octanol–water partition coefficient (Wildman–Crippen LogP) is 1.86. The van der Waals surface area contributed by atoms with Crippen molar-refractivity contribution in [3.8, 4) is 6.07 Å². The van der Waals surface area contributed by atoms with Crippen molar-refractivity contribution in [2.75, 3.05) is 0 Å². The number of nitrogens with one attached hydrogen (secondary N) is 1. The van der Waals surface area contributed by atoms with Crippen LogP contribution in [-0.2, 0) is 0 Å². The van der Waals surface area contributed by atoms with Gasteiger partial charge in [0.05, 0.1) is 6.21 Å². The fourth-order valence-electron chi connectivity index (χ4n) is 0.257. The van der Waals surface area contributed by atoms with Gasteiger partial charge in [-0.3, -0.25) is 0 Å². The van der Waals surface area contributed by atoms with Crippen molar-refractivity contribution >= 4 is 27.9 Å². The van der Waals surface area contributed by atoms with Gasteiger partial charge in [-0.25, -0.2) is 4.99 Å². The SMILES string of the molecule is C/C(Br)=C\N=C(C#N)C=N. The molecule has 0 spiro atoms. The molecule has 0 saturated heterocycles. The van der Waals surface area contributed by atoms with E-state index in [1.165, 1.54) is 6.20 Å². The van der Waals surface area contributed by atoms with Gasteiger partial charge in [0.15, 0.2) is 5.71 Å². The first-order chi connectivity index (χ1) is 4.70. The van der Waals surface area contributed by atoms with E-state index in [1.807, 2.05) is 0 Å². The minimum Gasteiger partial charge on any atom is -0.306 e. The van der Waals surface area contributed by atoms with E-state index in [1.54, 1.807) is 13.0 Å². The van der Waals surface area contributed by atoms with Gasteiger partial charge in [-0.05, 0) is 6.92 Å². The Morgan fingerprint density at radius 1 is 1.80 bits per heavy atom. The number of nitrogens with zero attached hydrogens (tertiary/aromatic N) is 2. The first kappa shape index (κ1) is 9.05. The van der Waals surface area contributed by atoms with E-state index in [4.69, 9.17) is 10.7 Å². The lowest BCUT2D eigenvalue weighted by atomic mass is 10.4. The van der Waals surface area contributed by atoms with Crippen molar-refractivity contribution in [3.63, 3.8) is 0 Å². The van der Waals surface area contributed by atoms with Crippen LogP contribution in [0.25, 0.3) is 0 Å². The van der Waals surface area contributed by atoms with E-state index in [2.05, 4.69) is 20.9 Å². The molecule has 0 aliphatic carbocycles. The number of hydrogen-bond acceptors (Lipinski definition) is 3. The van der Waals surface area contributed by atoms with Crippen molar-refractivity contribution in [1.82, 2.24) is 0 Å². The van der Waals surface area contributed by atoms with Crippen molar-refractivity contribution in [1.29, 1.82) is 10.7 Å². The molecule has 3 nitrogen and oxygen atoms in total. The van der Waals surface area contributed by atoms with Gasteiger partial charge in [-0.1, -0.05) is 15.9 Å². The third-order valence-electron chi connectivity index (χ3n) is 0.633. The predicted molar refractivity (Wildman–Crippen MR) is 44.5 cm³/mol. The summed E-state index contributed by atoms with van der Waals surface area (Å²) < 4.78 is 0.821. The second-order valence-corrected chi connectivity index (χ2v) is 2.74. The highest BCUT2D eigenvalue weighted by Crippen LogP contribution is 2.00. The third-order valence-corrected chi connectivity index (χ3v) is 0.838. The van der Waals surface area contributed by atoms with Crippen LogP contribution >= 0.6 is 15.9 Å². The van der Waals surface area contributed by atoms with Crippen LogP contribution in [0.3, 0.4) is 0 Å². The van der Waals surface area contributed by atoms with Crippen LogP contribution in [-0.4, -0.2) is 11.9 Å². The van der Waals surface area contributed by atoms with Crippen LogP contribution in [0.5, 0.6) is 0 Å². The van der Waals surface area contributed by atoms with E-state index in [-0.39, 0.29) is 5.71 Å². The molecule has 1 N–H and O–H groups in total. The Bertz CT molecular complexity index is 218. The number of hydrogen-bond donors (Lipinski definition) is 1. The minimum absolute atomic E-state index is 0.0961. The molecule has 0 aliphatic rings. The Kier molecular flexibility index (Phi) is 4.42. The summed E-state index contributed by atoms with van der Waals surface area (Å²) in [5, 5.41) is 14.9. The number of rotatable bonds is 2. The minimum atomic E-state index is 0.0961. The Morgan fingerprint density at radius 2 is 2.40 bits per heavy atom. The first-order valence-electron chi connectivity index (χ1n) is 2.51. The molecule has 0 radical (unpaired) electrons. The molecule has 0 rings (SSSR count). The molecule has 0 aliphatic heterocycles. The van der Waals surface area contributed by atoms with Crippen molar-refractivity contribution in [2.45, 2.75) is 6.92 Å². The fraction of sp³-hybridized carbons (Fsp3) is 0.167. The zero-order chi connectivity index (χ0) is 7.98. The summed E-state index contributed by atoms with van der Waals surface area (Å²) in [5.74, 6) is 0. The van der Waals surface area contributed by atoms with E-state index in [0.29, 0.717) is 0 Å². The lowest BCUT2D eigenvalue weighted by Gasteiger charge is -1.81. The Hall–Kier alpha value is -0.950. The number of aliphatic imine (C=N–C) groups is 1. The molecule has 0 atom stereocenters. The molecule has 0 heterocycles. The fourth-order valence-corrected chi connectivity index (χ4v) is 0.359. The number of allylic oxidation sites excluding steroid dienone is 1. The maximum atomic E-state index is 8.26. The quantitative estimate of drug-likeness (QED) is 0.679. The summed E-state index contributed by atoms with van der Waals surface area (Å²) in [5.41, 5.74) is 0.0961. The van der Waals surface area contributed by atoms with Gasteiger partial charge >= 0.3 is 0 Å². The largest absolute Gasteiger partial charge is 0.306 e. The zero-order valence-corrected chi connectivity index (χ0v) is 7.01. The molecule has 0 aromatic rings. The Balaban J connectivity index is 4.31. The zero-order valence-electron chi connectivity index (χ0n) is 5.43. The molecule has 4 heteroatoms. The second-order valence-electron chi connectivity index (χ2n) is 1.49. The summed E-state index contributed by atoms with van der Waals surface area (Å²) in [6.45, 7) is 1.79. The van der Waals surface area contributed by atoms with Gasteiger partial charge in [-0.2, -0.15) is 5.26 Å². The standard InChI is InChI=1S/C6H6BrN3/c1-5(7)4-10-6(2-8)3-9/h2,4,8H,1H3/b5-4+,8-2?,10-6?. The maximum Gasteiger partial charge on any atom is 0.157 e.